The summed E-state index contributed by atoms with van der Waals surface area (Å²) in [4.78, 5) is 7.79. The van der Waals surface area contributed by atoms with Crippen molar-refractivity contribution < 1.29 is 5.11 Å². The van der Waals surface area contributed by atoms with E-state index in [0.717, 1.165) is 0 Å². The van der Waals surface area contributed by atoms with Crippen molar-refractivity contribution in [3.8, 4) is 0 Å². The monoisotopic (exact) mass is 254 g/mol. The largest absolute Gasteiger partial charge is 0.383 e. The third kappa shape index (κ3) is 2.16. The summed E-state index contributed by atoms with van der Waals surface area (Å²) in [5.74, 6) is 0. The maximum Gasteiger partial charge on any atom is 0.135 e. The Kier molecular flexibility index (Phi) is 3.39. The van der Waals surface area contributed by atoms with Crippen LogP contribution in [0.2, 0.25) is 10.3 Å². The summed E-state index contributed by atoms with van der Waals surface area (Å²) in [5, 5.41) is 10.6. The van der Waals surface area contributed by atoms with Crippen molar-refractivity contribution in [2.75, 3.05) is 0 Å². The summed E-state index contributed by atoms with van der Waals surface area (Å²) in [6.07, 6.45) is 2.20. The van der Waals surface area contributed by atoms with E-state index >= 15 is 0 Å². The maximum absolute atomic E-state index is 10.1. The van der Waals surface area contributed by atoms with Gasteiger partial charge < -0.3 is 5.11 Å². The molecule has 5 heteroatoms. The number of aliphatic hydroxyl groups excluding tert-OH is 1. The Morgan fingerprint density at radius 3 is 1.75 bits per heavy atom. The Hall–Kier alpha value is -1.16. The van der Waals surface area contributed by atoms with E-state index in [2.05, 4.69) is 9.97 Å². The molecule has 82 valence electrons. The van der Waals surface area contributed by atoms with Gasteiger partial charge in [0.1, 0.15) is 16.4 Å². The fourth-order valence-electron chi connectivity index (χ4n) is 1.37. The highest BCUT2D eigenvalue weighted by molar-refractivity contribution is 6.31. The van der Waals surface area contributed by atoms with Crippen molar-refractivity contribution >= 4 is 23.2 Å². The first kappa shape index (κ1) is 11.3. The van der Waals surface area contributed by atoms with E-state index in [0.29, 0.717) is 11.1 Å². The molecule has 0 unspecified atom stereocenters. The van der Waals surface area contributed by atoms with Crippen molar-refractivity contribution in [1.82, 2.24) is 9.97 Å². The zero-order chi connectivity index (χ0) is 11.5. The second-order valence-electron chi connectivity index (χ2n) is 3.17. The van der Waals surface area contributed by atoms with E-state index in [4.69, 9.17) is 23.2 Å². The Morgan fingerprint density at radius 2 is 1.38 bits per heavy atom. The van der Waals surface area contributed by atoms with Crippen molar-refractivity contribution in [2.24, 2.45) is 0 Å². The van der Waals surface area contributed by atoms with E-state index in [9.17, 15) is 5.11 Å². The highest BCUT2D eigenvalue weighted by atomic mass is 35.5. The van der Waals surface area contributed by atoms with Crippen LogP contribution in [0.25, 0.3) is 0 Å². The number of hydrogen-bond donors (Lipinski definition) is 1. The molecule has 16 heavy (non-hydrogen) atoms. The third-order valence-electron chi connectivity index (χ3n) is 2.17. The van der Waals surface area contributed by atoms with Gasteiger partial charge in [-0.15, -0.1) is 0 Å². The van der Waals surface area contributed by atoms with Crippen molar-refractivity contribution in [3.63, 3.8) is 0 Å². The molecule has 0 aromatic carbocycles. The van der Waals surface area contributed by atoms with Crippen molar-refractivity contribution in [2.45, 2.75) is 6.10 Å². The zero-order valence-electron chi connectivity index (χ0n) is 8.14. The second-order valence-corrected chi connectivity index (χ2v) is 3.89. The van der Waals surface area contributed by atoms with E-state index < -0.39 is 6.10 Å². The lowest BCUT2D eigenvalue weighted by Crippen LogP contribution is -2.02. The topological polar surface area (TPSA) is 46.0 Å². The molecule has 0 saturated carbocycles. The van der Waals surface area contributed by atoms with Gasteiger partial charge in [0.15, 0.2) is 0 Å². The first-order valence-corrected chi connectivity index (χ1v) is 5.34. The van der Waals surface area contributed by atoms with Crippen LogP contribution >= 0.6 is 23.2 Å². The summed E-state index contributed by atoms with van der Waals surface area (Å²) in [7, 11) is 0. The summed E-state index contributed by atoms with van der Waals surface area (Å²) < 4.78 is 0. The highest BCUT2D eigenvalue weighted by Crippen LogP contribution is 2.29. The molecule has 0 bridgehead atoms. The van der Waals surface area contributed by atoms with Crippen LogP contribution in [0.1, 0.15) is 17.2 Å². The average Bonchev–Trinajstić information content (AvgIpc) is 2.29. The summed E-state index contributed by atoms with van der Waals surface area (Å²) in [5.41, 5.74) is 1.03. The summed E-state index contributed by atoms with van der Waals surface area (Å²) >= 11 is 11.8. The number of aromatic nitrogens is 2. The van der Waals surface area contributed by atoms with Crippen LogP contribution in [-0.4, -0.2) is 15.1 Å². The molecule has 0 atom stereocenters. The van der Waals surface area contributed by atoms with E-state index in [-0.39, 0.29) is 10.3 Å². The normalized spacial score (nSPS) is 10.8. The standard InChI is InChI=1S/C11H8Cl2N2O/c12-10-7(3-1-5-14-10)9(16)8-4-2-6-15-11(8)13/h1-6,9,16H. The van der Waals surface area contributed by atoms with Gasteiger partial charge in [-0.05, 0) is 12.1 Å². The Labute approximate surface area is 103 Å². The Morgan fingerprint density at radius 1 is 0.938 bits per heavy atom. The van der Waals surface area contributed by atoms with Gasteiger partial charge in [-0.1, -0.05) is 35.3 Å². The minimum absolute atomic E-state index is 0.259. The van der Waals surface area contributed by atoms with Crippen LogP contribution in [0, 0.1) is 0 Å². The summed E-state index contributed by atoms with van der Waals surface area (Å²) in [6, 6.07) is 6.80. The third-order valence-corrected chi connectivity index (χ3v) is 2.80. The predicted molar refractivity (Wildman–Crippen MR) is 62.6 cm³/mol. The fraction of sp³-hybridized carbons (Fsp3) is 0.0909. The first-order chi connectivity index (χ1) is 7.70. The molecule has 2 aromatic rings. The molecule has 0 saturated heterocycles. The quantitative estimate of drug-likeness (QED) is 0.839. The van der Waals surface area contributed by atoms with E-state index in [1.54, 1.807) is 36.7 Å². The van der Waals surface area contributed by atoms with Crippen LogP contribution in [0.5, 0.6) is 0 Å². The van der Waals surface area contributed by atoms with Crippen LogP contribution in [0.3, 0.4) is 0 Å². The molecule has 2 rings (SSSR count). The predicted octanol–water partition coefficient (Wildman–Crippen LogP) is 2.87. The molecule has 0 radical (unpaired) electrons. The summed E-state index contributed by atoms with van der Waals surface area (Å²) in [6.45, 7) is 0. The van der Waals surface area contributed by atoms with Gasteiger partial charge in [-0.3, -0.25) is 0 Å². The fourth-order valence-corrected chi connectivity index (χ4v) is 1.82. The highest BCUT2D eigenvalue weighted by Gasteiger charge is 2.17. The van der Waals surface area contributed by atoms with Gasteiger partial charge in [0.2, 0.25) is 0 Å². The number of aliphatic hydroxyl groups is 1. The lowest BCUT2D eigenvalue weighted by molar-refractivity contribution is 0.219. The second kappa shape index (κ2) is 4.78. The molecule has 2 heterocycles. The van der Waals surface area contributed by atoms with Gasteiger partial charge in [-0.2, -0.15) is 0 Å². The average molecular weight is 255 g/mol. The lowest BCUT2D eigenvalue weighted by Gasteiger charge is -2.12. The van der Waals surface area contributed by atoms with E-state index in [1.807, 2.05) is 0 Å². The molecule has 0 spiro atoms. The van der Waals surface area contributed by atoms with Crippen molar-refractivity contribution in [1.29, 1.82) is 0 Å². The molecule has 1 N–H and O–H groups in total. The first-order valence-electron chi connectivity index (χ1n) is 4.59. The molecule has 2 aromatic heterocycles. The number of nitrogens with zero attached hydrogens (tertiary/aromatic N) is 2. The number of rotatable bonds is 2. The lowest BCUT2D eigenvalue weighted by atomic mass is 10.1. The van der Waals surface area contributed by atoms with Crippen LogP contribution in [-0.2, 0) is 0 Å². The van der Waals surface area contributed by atoms with Crippen LogP contribution in [0.4, 0.5) is 0 Å². The Balaban J connectivity index is 2.44. The molecule has 0 aliphatic heterocycles. The molecule has 0 amide bonds. The van der Waals surface area contributed by atoms with E-state index in [1.165, 1.54) is 0 Å². The van der Waals surface area contributed by atoms with Crippen molar-refractivity contribution in [3.05, 3.63) is 58.1 Å². The SMILES string of the molecule is OC(c1cccnc1Cl)c1cccnc1Cl. The maximum atomic E-state index is 10.1. The van der Waals surface area contributed by atoms with Crippen LogP contribution in [0.15, 0.2) is 36.7 Å². The molecular formula is C11H8Cl2N2O. The van der Waals surface area contributed by atoms with Gasteiger partial charge in [0, 0.05) is 23.5 Å². The van der Waals surface area contributed by atoms with Gasteiger partial charge >= 0.3 is 0 Å². The Bertz CT molecular complexity index is 459. The molecule has 0 aliphatic rings. The van der Waals surface area contributed by atoms with Gasteiger partial charge in [-0.25, -0.2) is 9.97 Å². The number of hydrogen-bond acceptors (Lipinski definition) is 3. The van der Waals surface area contributed by atoms with Gasteiger partial charge in [0.25, 0.3) is 0 Å². The van der Waals surface area contributed by atoms with Crippen LogP contribution < -0.4 is 0 Å². The smallest absolute Gasteiger partial charge is 0.135 e. The molecule has 0 aliphatic carbocycles. The molecular weight excluding hydrogens is 247 g/mol. The molecule has 3 nitrogen and oxygen atoms in total. The van der Waals surface area contributed by atoms with Gasteiger partial charge in [0.05, 0.1) is 0 Å². The molecule has 0 fully saturated rings. The minimum atomic E-state index is -0.914. The minimum Gasteiger partial charge on any atom is -0.383 e. The number of pyridine rings is 2. The zero-order valence-corrected chi connectivity index (χ0v) is 9.65. The number of halogens is 2.